The second-order valence-electron chi connectivity index (χ2n) is 6.58. The highest BCUT2D eigenvalue weighted by Crippen LogP contribution is 2.35. The number of rotatable bonds is 5. The van der Waals surface area contributed by atoms with Gasteiger partial charge in [-0.2, -0.15) is 0 Å². The van der Waals surface area contributed by atoms with Gasteiger partial charge >= 0.3 is 0 Å². The van der Waals surface area contributed by atoms with E-state index >= 15 is 0 Å². The van der Waals surface area contributed by atoms with Gasteiger partial charge in [-0.1, -0.05) is 37.8 Å². The molecule has 0 saturated heterocycles. The zero-order chi connectivity index (χ0) is 15.3. The molecule has 0 amide bonds. The minimum Gasteiger partial charge on any atom is -0.315 e. The summed E-state index contributed by atoms with van der Waals surface area (Å²) < 4.78 is 1.31. The minimum absolute atomic E-state index is 0.300. The van der Waals surface area contributed by atoms with Gasteiger partial charge in [0.15, 0.2) is 0 Å². The van der Waals surface area contributed by atoms with Crippen LogP contribution in [0.15, 0.2) is 24.3 Å². The second kappa shape index (κ2) is 7.93. The molecule has 2 nitrogen and oxygen atoms in total. The Morgan fingerprint density at radius 3 is 2.14 bits per heavy atom. The Morgan fingerprint density at radius 1 is 1.10 bits per heavy atom. The van der Waals surface area contributed by atoms with Crippen LogP contribution >= 0.6 is 22.6 Å². The maximum Gasteiger partial charge on any atom is 0.0359 e. The predicted octanol–water partition coefficient (Wildman–Crippen LogP) is 4.08. The third-order valence-electron chi connectivity index (χ3n) is 5.21. The van der Waals surface area contributed by atoms with E-state index in [2.05, 4.69) is 78.2 Å². The summed E-state index contributed by atoms with van der Waals surface area (Å²) in [5, 5.41) is 3.64. The van der Waals surface area contributed by atoms with Crippen molar-refractivity contribution >= 4 is 22.6 Å². The molecule has 0 bridgehead atoms. The molecule has 0 aromatic heterocycles. The van der Waals surface area contributed by atoms with Crippen molar-refractivity contribution in [3.8, 4) is 0 Å². The number of nitrogens with one attached hydrogen (secondary N) is 1. The zero-order valence-corrected chi connectivity index (χ0v) is 15.8. The molecule has 1 fully saturated rings. The van der Waals surface area contributed by atoms with Gasteiger partial charge < -0.3 is 10.2 Å². The van der Waals surface area contributed by atoms with Crippen LogP contribution in [0.4, 0.5) is 0 Å². The van der Waals surface area contributed by atoms with Gasteiger partial charge in [-0.15, -0.1) is 0 Å². The standard InChI is InChI=1S/C18H29IN2/c1-20-17(14-15-8-10-16(19)11-9-15)18(21(2)3)12-6-4-5-7-13-18/h8-11,17,20H,4-7,12-14H2,1-3H3. The van der Waals surface area contributed by atoms with E-state index in [-0.39, 0.29) is 0 Å². The third kappa shape index (κ3) is 4.20. The highest BCUT2D eigenvalue weighted by atomic mass is 127. The lowest BCUT2D eigenvalue weighted by atomic mass is 9.78. The number of nitrogens with zero attached hydrogens (tertiary/aromatic N) is 1. The van der Waals surface area contributed by atoms with Crippen LogP contribution in [0.1, 0.15) is 44.1 Å². The SMILES string of the molecule is CNC(Cc1ccc(I)cc1)C1(N(C)C)CCCCCC1. The monoisotopic (exact) mass is 400 g/mol. The van der Waals surface area contributed by atoms with E-state index in [0.717, 1.165) is 6.42 Å². The van der Waals surface area contributed by atoms with Crippen LogP contribution in [0, 0.1) is 3.57 Å². The molecule has 1 aromatic rings. The highest BCUT2D eigenvalue weighted by molar-refractivity contribution is 14.1. The summed E-state index contributed by atoms with van der Waals surface area (Å²) >= 11 is 2.38. The largest absolute Gasteiger partial charge is 0.315 e. The third-order valence-corrected chi connectivity index (χ3v) is 5.93. The van der Waals surface area contributed by atoms with Gasteiger partial charge in [0.25, 0.3) is 0 Å². The van der Waals surface area contributed by atoms with E-state index in [0.29, 0.717) is 11.6 Å². The summed E-state index contributed by atoms with van der Waals surface area (Å²) in [6.07, 6.45) is 9.27. The van der Waals surface area contributed by atoms with Crippen molar-refractivity contribution < 1.29 is 0 Å². The first-order valence-corrected chi connectivity index (χ1v) is 9.25. The summed E-state index contributed by atoms with van der Waals surface area (Å²) in [6.45, 7) is 0. The van der Waals surface area contributed by atoms with Gasteiger partial charge in [0, 0.05) is 15.2 Å². The van der Waals surface area contributed by atoms with E-state index in [1.165, 1.54) is 47.7 Å². The summed E-state index contributed by atoms with van der Waals surface area (Å²) in [5.74, 6) is 0. The molecule has 21 heavy (non-hydrogen) atoms. The molecule has 0 heterocycles. The van der Waals surface area contributed by atoms with Crippen LogP contribution in [0.25, 0.3) is 0 Å². The number of hydrogen-bond donors (Lipinski definition) is 1. The van der Waals surface area contributed by atoms with Crippen molar-refractivity contribution in [1.82, 2.24) is 10.2 Å². The second-order valence-corrected chi connectivity index (χ2v) is 7.83. The Labute approximate surface area is 143 Å². The number of benzene rings is 1. The van der Waals surface area contributed by atoms with Crippen LogP contribution in [0.3, 0.4) is 0 Å². The molecule has 118 valence electrons. The molecule has 1 aliphatic carbocycles. The number of hydrogen-bond acceptors (Lipinski definition) is 2. The van der Waals surface area contributed by atoms with Crippen molar-refractivity contribution in [3.63, 3.8) is 0 Å². The van der Waals surface area contributed by atoms with E-state index in [4.69, 9.17) is 0 Å². The first-order valence-electron chi connectivity index (χ1n) is 8.17. The summed E-state index contributed by atoms with van der Waals surface area (Å²) in [5.41, 5.74) is 1.74. The topological polar surface area (TPSA) is 15.3 Å². The summed E-state index contributed by atoms with van der Waals surface area (Å²) in [4.78, 5) is 2.49. The average Bonchev–Trinajstić information content (AvgIpc) is 2.73. The molecule has 1 N–H and O–H groups in total. The molecule has 1 unspecified atom stereocenters. The van der Waals surface area contributed by atoms with Gasteiger partial charge in [0.05, 0.1) is 0 Å². The molecule has 0 spiro atoms. The first-order chi connectivity index (χ1) is 10.1. The molecule has 1 aliphatic rings. The molecule has 1 saturated carbocycles. The van der Waals surface area contributed by atoms with Gasteiger partial charge in [0.2, 0.25) is 0 Å². The number of halogens is 1. The molecular weight excluding hydrogens is 371 g/mol. The normalized spacial score (nSPS) is 20.2. The van der Waals surface area contributed by atoms with E-state index in [1.54, 1.807) is 0 Å². The fraction of sp³-hybridized carbons (Fsp3) is 0.667. The summed E-state index contributed by atoms with van der Waals surface area (Å²) in [7, 11) is 6.67. The van der Waals surface area contributed by atoms with Crippen LogP contribution in [0.2, 0.25) is 0 Å². The lowest BCUT2D eigenvalue weighted by Gasteiger charge is -2.46. The van der Waals surface area contributed by atoms with Crippen molar-refractivity contribution in [2.75, 3.05) is 21.1 Å². The fourth-order valence-corrected chi connectivity index (χ4v) is 4.22. The Kier molecular flexibility index (Phi) is 6.51. The van der Waals surface area contributed by atoms with Gasteiger partial charge in [0.1, 0.15) is 0 Å². The Morgan fingerprint density at radius 2 is 1.67 bits per heavy atom. The molecule has 0 aliphatic heterocycles. The molecule has 3 heteroatoms. The Balaban J connectivity index is 2.20. The van der Waals surface area contributed by atoms with E-state index in [9.17, 15) is 0 Å². The maximum atomic E-state index is 3.64. The molecule has 1 aromatic carbocycles. The highest BCUT2D eigenvalue weighted by Gasteiger charge is 2.40. The smallest absolute Gasteiger partial charge is 0.0359 e. The Bertz CT molecular complexity index is 419. The predicted molar refractivity (Wildman–Crippen MR) is 99.8 cm³/mol. The maximum absolute atomic E-state index is 3.64. The van der Waals surface area contributed by atoms with Gasteiger partial charge in [-0.3, -0.25) is 0 Å². The van der Waals surface area contributed by atoms with Gasteiger partial charge in [-0.25, -0.2) is 0 Å². The molecular formula is C18H29IN2. The fourth-order valence-electron chi connectivity index (χ4n) is 3.87. The quantitative estimate of drug-likeness (QED) is 0.592. The molecule has 2 rings (SSSR count). The van der Waals surface area contributed by atoms with E-state index in [1.807, 2.05) is 0 Å². The van der Waals surface area contributed by atoms with Crippen molar-refractivity contribution in [1.29, 1.82) is 0 Å². The lowest BCUT2D eigenvalue weighted by molar-refractivity contribution is 0.0835. The van der Waals surface area contributed by atoms with Crippen LogP contribution in [0.5, 0.6) is 0 Å². The Hall–Kier alpha value is -0.130. The van der Waals surface area contributed by atoms with Gasteiger partial charge in [-0.05, 0) is 80.7 Å². The lowest BCUT2D eigenvalue weighted by Crippen LogP contribution is -2.59. The van der Waals surface area contributed by atoms with Crippen LogP contribution < -0.4 is 5.32 Å². The first kappa shape index (κ1) is 17.2. The molecule has 1 atom stereocenters. The summed E-state index contributed by atoms with van der Waals surface area (Å²) in [6, 6.07) is 9.53. The van der Waals surface area contributed by atoms with Crippen molar-refractivity contribution in [3.05, 3.63) is 33.4 Å². The molecule has 0 radical (unpaired) electrons. The minimum atomic E-state index is 0.300. The van der Waals surface area contributed by atoms with Crippen LogP contribution in [-0.4, -0.2) is 37.6 Å². The van der Waals surface area contributed by atoms with E-state index < -0.39 is 0 Å². The van der Waals surface area contributed by atoms with Crippen molar-refractivity contribution in [2.45, 2.75) is 56.5 Å². The number of likely N-dealkylation sites (N-methyl/N-ethyl adjacent to an activating group) is 2. The average molecular weight is 400 g/mol. The van der Waals surface area contributed by atoms with Crippen LogP contribution in [-0.2, 0) is 6.42 Å². The van der Waals surface area contributed by atoms with Crippen molar-refractivity contribution in [2.24, 2.45) is 0 Å². The zero-order valence-electron chi connectivity index (χ0n) is 13.7.